The van der Waals surface area contributed by atoms with E-state index in [0.717, 1.165) is 12.1 Å². The fourth-order valence-electron chi connectivity index (χ4n) is 3.69. The van der Waals surface area contributed by atoms with Crippen LogP contribution < -0.4 is 4.74 Å². The van der Waals surface area contributed by atoms with Gasteiger partial charge in [-0.3, -0.25) is 9.63 Å². The molecule has 4 rings (SSSR count). The van der Waals surface area contributed by atoms with Crippen molar-refractivity contribution in [3.05, 3.63) is 65.0 Å². The zero-order chi connectivity index (χ0) is 20.5. The summed E-state index contributed by atoms with van der Waals surface area (Å²) in [7, 11) is 0. The Balaban J connectivity index is 1.39. The lowest BCUT2D eigenvalue weighted by Gasteiger charge is -2.37. The van der Waals surface area contributed by atoms with Gasteiger partial charge in [0.1, 0.15) is 29.3 Å². The molecule has 1 saturated heterocycles. The average Bonchev–Trinajstić information content (AvgIpc) is 3.12. The molecule has 2 aromatic rings. The Kier molecular flexibility index (Phi) is 5.16. The second kappa shape index (κ2) is 7.76. The summed E-state index contributed by atoms with van der Waals surface area (Å²) >= 11 is 0. The molecule has 0 unspecified atom stereocenters. The number of ether oxygens (including phenoxy) is 1. The van der Waals surface area contributed by atoms with Gasteiger partial charge in [-0.1, -0.05) is 0 Å². The predicted octanol–water partition coefficient (Wildman–Crippen LogP) is 4.04. The van der Waals surface area contributed by atoms with Gasteiger partial charge < -0.3 is 4.74 Å². The lowest BCUT2D eigenvalue weighted by atomic mass is 9.81. The van der Waals surface area contributed by atoms with E-state index in [0.29, 0.717) is 24.8 Å². The molecule has 0 spiro atoms. The van der Waals surface area contributed by atoms with Crippen molar-refractivity contribution >= 4 is 5.91 Å². The first-order chi connectivity index (χ1) is 13.9. The molecule has 150 valence electrons. The quantitative estimate of drug-likeness (QED) is 0.775. The lowest BCUT2D eigenvalue weighted by Crippen LogP contribution is -2.45. The van der Waals surface area contributed by atoms with E-state index < -0.39 is 23.5 Å². The molecule has 1 saturated carbocycles. The molecular weight excluding hydrogens is 385 g/mol. The number of carbonyl (C=O) groups excluding carboxylic acids is 1. The van der Waals surface area contributed by atoms with Crippen LogP contribution in [0.2, 0.25) is 0 Å². The number of rotatable bonds is 4. The number of nitrogens with zero attached hydrogens (tertiary/aromatic N) is 2. The van der Waals surface area contributed by atoms with Gasteiger partial charge in [0.25, 0.3) is 0 Å². The molecule has 0 radical (unpaired) electrons. The van der Waals surface area contributed by atoms with Crippen LogP contribution in [0, 0.1) is 34.7 Å². The van der Waals surface area contributed by atoms with Crippen molar-refractivity contribution < 1.29 is 27.5 Å². The fraction of sp³-hybridized carbons (Fsp3) is 0.333. The summed E-state index contributed by atoms with van der Waals surface area (Å²) < 4.78 is 46.2. The van der Waals surface area contributed by atoms with Crippen LogP contribution >= 0.6 is 0 Å². The van der Waals surface area contributed by atoms with E-state index in [-0.39, 0.29) is 35.8 Å². The van der Waals surface area contributed by atoms with Crippen LogP contribution in [0.25, 0.3) is 0 Å². The molecule has 0 bridgehead atoms. The van der Waals surface area contributed by atoms with Gasteiger partial charge >= 0.3 is 0 Å². The van der Waals surface area contributed by atoms with Gasteiger partial charge in [0, 0.05) is 24.5 Å². The fourth-order valence-corrected chi connectivity index (χ4v) is 3.69. The van der Waals surface area contributed by atoms with Gasteiger partial charge in [0.05, 0.1) is 24.3 Å². The topological polar surface area (TPSA) is 62.6 Å². The summed E-state index contributed by atoms with van der Waals surface area (Å²) in [6, 6.07) is 8.23. The highest BCUT2D eigenvalue weighted by Crippen LogP contribution is 2.38. The number of benzene rings is 2. The van der Waals surface area contributed by atoms with E-state index in [1.807, 2.05) is 6.07 Å². The van der Waals surface area contributed by atoms with E-state index in [9.17, 15) is 18.0 Å². The third-order valence-corrected chi connectivity index (χ3v) is 5.14. The molecule has 1 amide bonds. The van der Waals surface area contributed by atoms with E-state index in [4.69, 9.17) is 14.8 Å². The molecule has 1 atom stereocenters. The first kappa shape index (κ1) is 19.3. The Morgan fingerprint density at radius 2 is 1.76 bits per heavy atom. The molecular formula is C21H17F3N2O3. The Hall–Kier alpha value is -3.05. The van der Waals surface area contributed by atoms with Gasteiger partial charge in [-0.05, 0) is 42.7 Å². The molecule has 2 aliphatic rings. The average molecular weight is 402 g/mol. The molecule has 1 aliphatic carbocycles. The maximum absolute atomic E-state index is 13.5. The standard InChI is InChI=1S/C21H17F3N2O3/c22-15-3-12(11-25)4-18(10-15)29-19-7-14(8-19)21(27)26-20(1-2-28-26)13-5-16(23)9-17(24)6-13/h3-6,9-10,14,19-20H,1-2,7-8H2/t14-,19-,20-/m0/s1. The van der Waals surface area contributed by atoms with Crippen molar-refractivity contribution in [2.75, 3.05) is 6.61 Å². The molecule has 0 aromatic heterocycles. The summed E-state index contributed by atoms with van der Waals surface area (Å²) in [5.74, 6) is -2.37. The number of hydrogen-bond donors (Lipinski definition) is 0. The zero-order valence-electron chi connectivity index (χ0n) is 15.3. The summed E-state index contributed by atoms with van der Waals surface area (Å²) in [5.41, 5.74) is 0.506. The number of carbonyl (C=O) groups is 1. The third-order valence-electron chi connectivity index (χ3n) is 5.14. The molecule has 29 heavy (non-hydrogen) atoms. The molecule has 1 heterocycles. The lowest BCUT2D eigenvalue weighted by molar-refractivity contribution is -0.187. The van der Waals surface area contributed by atoms with Crippen molar-refractivity contribution in [1.29, 1.82) is 5.26 Å². The van der Waals surface area contributed by atoms with Gasteiger partial charge in [0.15, 0.2) is 0 Å². The number of hydrogen-bond acceptors (Lipinski definition) is 4. The number of nitriles is 1. The van der Waals surface area contributed by atoms with Crippen LogP contribution in [0.1, 0.15) is 36.4 Å². The highest BCUT2D eigenvalue weighted by atomic mass is 19.1. The van der Waals surface area contributed by atoms with E-state index in [1.54, 1.807) is 0 Å². The minimum Gasteiger partial charge on any atom is -0.490 e. The Morgan fingerprint density at radius 3 is 2.45 bits per heavy atom. The predicted molar refractivity (Wildman–Crippen MR) is 94.8 cm³/mol. The molecule has 2 aromatic carbocycles. The van der Waals surface area contributed by atoms with Crippen molar-refractivity contribution in [3.8, 4) is 11.8 Å². The number of halogens is 3. The highest BCUT2D eigenvalue weighted by molar-refractivity contribution is 5.79. The van der Waals surface area contributed by atoms with Crippen LogP contribution in [0.3, 0.4) is 0 Å². The third kappa shape index (κ3) is 4.05. The van der Waals surface area contributed by atoms with Gasteiger partial charge in [-0.15, -0.1) is 0 Å². The molecule has 2 fully saturated rings. The molecule has 1 aliphatic heterocycles. The summed E-state index contributed by atoms with van der Waals surface area (Å²) in [5, 5.41) is 10.1. The minimum atomic E-state index is -0.705. The van der Waals surface area contributed by atoms with Gasteiger partial charge in [-0.25, -0.2) is 18.2 Å². The zero-order valence-corrected chi connectivity index (χ0v) is 15.3. The van der Waals surface area contributed by atoms with E-state index in [2.05, 4.69) is 0 Å². The monoisotopic (exact) mass is 402 g/mol. The SMILES string of the molecule is N#Cc1cc(F)cc(O[C@H]2C[C@H](C(=O)N3OCC[C@H]3c3cc(F)cc(F)c3)C2)c1. The van der Waals surface area contributed by atoms with Gasteiger partial charge in [0.2, 0.25) is 5.91 Å². The van der Waals surface area contributed by atoms with Crippen molar-refractivity contribution in [2.24, 2.45) is 5.92 Å². The van der Waals surface area contributed by atoms with Crippen LogP contribution in [0.4, 0.5) is 13.2 Å². The second-order valence-electron chi connectivity index (χ2n) is 7.20. The summed E-state index contributed by atoms with van der Waals surface area (Å²) in [6.07, 6.45) is 0.967. The van der Waals surface area contributed by atoms with Gasteiger partial charge in [-0.2, -0.15) is 5.26 Å². The van der Waals surface area contributed by atoms with Crippen LogP contribution in [-0.4, -0.2) is 23.7 Å². The first-order valence-corrected chi connectivity index (χ1v) is 9.22. The van der Waals surface area contributed by atoms with Crippen molar-refractivity contribution in [3.63, 3.8) is 0 Å². The largest absolute Gasteiger partial charge is 0.490 e. The summed E-state index contributed by atoms with van der Waals surface area (Å²) in [4.78, 5) is 18.2. The Morgan fingerprint density at radius 1 is 1.07 bits per heavy atom. The van der Waals surface area contributed by atoms with Crippen LogP contribution in [0.5, 0.6) is 5.75 Å². The molecule has 8 heteroatoms. The normalized spacial score (nSPS) is 23.4. The van der Waals surface area contributed by atoms with Crippen molar-refractivity contribution in [2.45, 2.75) is 31.4 Å². The number of amides is 1. The Labute approximate surface area is 165 Å². The van der Waals surface area contributed by atoms with Crippen LogP contribution in [0.15, 0.2) is 36.4 Å². The van der Waals surface area contributed by atoms with E-state index >= 15 is 0 Å². The molecule has 5 nitrogen and oxygen atoms in total. The maximum atomic E-state index is 13.5. The second-order valence-corrected chi connectivity index (χ2v) is 7.20. The first-order valence-electron chi connectivity index (χ1n) is 9.22. The maximum Gasteiger partial charge on any atom is 0.250 e. The highest BCUT2D eigenvalue weighted by Gasteiger charge is 2.43. The van der Waals surface area contributed by atoms with Crippen molar-refractivity contribution in [1.82, 2.24) is 5.06 Å². The smallest absolute Gasteiger partial charge is 0.250 e. The minimum absolute atomic E-state index is 0.155. The molecule has 0 N–H and O–H groups in total. The Bertz CT molecular complexity index is 965. The summed E-state index contributed by atoms with van der Waals surface area (Å²) in [6.45, 7) is 0.279. The number of hydroxylamine groups is 2. The van der Waals surface area contributed by atoms with E-state index in [1.165, 1.54) is 29.3 Å². The van der Waals surface area contributed by atoms with Crippen LogP contribution in [-0.2, 0) is 9.63 Å².